The van der Waals surface area contributed by atoms with Crippen molar-refractivity contribution >= 4 is 11.6 Å². The van der Waals surface area contributed by atoms with E-state index in [-0.39, 0.29) is 17.9 Å². The third kappa shape index (κ3) is 4.47. The summed E-state index contributed by atoms with van der Waals surface area (Å²) in [4.78, 5) is 16.6. The number of rotatable bonds is 6. The first kappa shape index (κ1) is 17.8. The Labute approximate surface area is 140 Å². The van der Waals surface area contributed by atoms with E-state index in [1.807, 2.05) is 43.3 Å². The van der Waals surface area contributed by atoms with Crippen LogP contribution in [0.25, 0.3) is 0 Å². The summed E-state index contributed by atoms with van der Waals surface area (Å²) in [5.41, 5.74) is 2.11. The standard InChI is InChI=1S/C19H30N2O2/c1-4-10-19(15-22)11-5-12-21(14-19)18(23)13-16-6-8-17(9-7-16)20(2)3/h6-9,22H,4-5,10-15H2,1-3H3. The van der Waals surface area contributed by atoms with Gasteiger partial charge in [0.15, 0.2) is 0 Å². The molecule has 0 radical (unpaired) electrons. The molecule has 0 aliphatic carbocycles. The molecule has 4 heteroatoms. The van der Waals surface area contributed by atoms with Gasteiger partial charge in [0.25, 0.3) is 0 Å². The van der Waals surface area contributed by atoms with Crippen LogP contribution in [-0.2, 0) is 11.2 Å². The maximum atomic E-state index is 12.6. The van der Waals surface area contributed by atoms with E-state index >= 15 is 0 Å². The lowest BCUT2D eigenvalue weighted by Crippen LogP contribution is -2.48. The summed E-state index contributed by atoms with van der Waals surface area (Å²) < 4.78 is 0. The third-order valence-electron chi connectivity index (χ3n) is 4.94. The quantitative estimate of drug-likeness (QED) is 0.877. The van der Waals surface area contributed by atoms with Crippen molar-refractivity contribution in [2.45, 2.75) is 39.0 Å². The zero-order valence-electron chi connectivity index (χ0n) is 14.7. The van der Waals surface area contributed by atoms with Crippen molar-refractivity contribution in [3.8, 4) is 0 Å². The zero-order chi connectivity index (χ0) is 16.9. The molecule has 1 unspecified atom stereocenters. The van der Waals surface area contributed by atoms with Crippen molar-refractivity contribution in [2.75, 3.05) is 38.7 Å². The lowest BCUT2D eigenvalue weighted by atomic mass is 9.77. The summed E-state index contributed by atoms with van der Waals surface area (Å²) in [7, 11) is 4.02. The van der Waals surface area contributed by atoms with E-state index < -0.39 is 0 Å². The molecular formula is C19H30N2O2. The first-order valence-electron chi connectivity index (χ1n) is 8.64. The first-order chi connectivity index (χ1) is 11.0. The van der Waals surface area contributed by atoms with E-state index in [0.717, 1.165) is 43.5 Å². The SMILES string of the molecule is CCCC1(CO)CCCN(C(=O)Cc2ccc(N(C)C)cc2)C1. The average Bonchev–Trinajstić information content (AvgIpc) is 2.56. The number of nitrogens with zero attached hydrogens (tertiary/aromatic N) is 2. The van der Waals surface area contributed by atoms with Gasteiger partial charge in [-0.15, -0.1) is 0 Å². The Morgan fingerprint density at radius 3 is 2.57 bits per heavy atom. The second-order valence-electron chi connectivity index (χ2n) is 7.06. The van der Waals surface area contributed by atoms with E-state index in [2.05, 4.69) is 11.8 Å². The van der Waals surface area contributed by atoms with Gasteiger partial charge in [-0.1, -0.05) is 25.5 Å². The third-order valence-corrected chi connectivity index (χ3v) is 4.94. The molecule has 1 atom stereocenters. The number of amides is 1. The predicted molar refractivity (Wildman–Crippen MR) is 94.7 cm³/mol. The van der Waals surface area contributed by atoms with Gasteiger partial charge in [-0.3, -0.25) is 4.79 Å². The number of anilines is 1. The molecule has 23 heavy (non-hydrogen) atoms. The molecule has 1 fully saturated rings. The topological polar surface area (TPSA) is 43.8 Å². The second kappa shape index (κ2) is 7.82. The van der Waals surface area contributed by atoms with Crippen molar-refractivity contribution in [3.05, 3.63) is 29.8 Å². The molecule has 0 bridgehead atoms. The first-order valence-corrected chi connectivity index (χ1v) is 8.64. The molecule has 0 spiro atoms. The number of hydrogen-bond donors (Lipinski definition) is 1. The highest BCUT2D eigenvalue weighted by Gasteiger charge is 2.35. The minimum atomic E-state index is -0.0859. The smallest absolute Gasteiger partial charge is 0.227 e. The fraction of sp³-hybridized carbons (Fsp3) is 0.632. The van der Waals surface area contributed by atoms with Crippen LogP contribution in [0.2, 0.25) is 0 Å². The Hall–Kier alpha value is -1.55. The number of hydrogen-bond acceptors (Lipinski definition) is 3. The Kier molecular flexibility index (Phi) is 6.05. The van der Waals surface area contributed by atoms with Crippen molar-refractivity contribution in [1.82, 2.24) is 4.90 Å². The molecule has 0 saturated carbocycles. The van der Waals surface area contributed by atoms with E-state index in [9.17, 15) is 9.90 Å². The monoisotopic (exact) mass is 318 g/mol. The molecule has 1 amide bonds. The highest BCUT2D eigenvalue weighted by molar-refractivity contribution is 5.79. The minimum absolute atomic E-state index is 0.0859. The number of benzene rings is 1. The number of piperidine rings is 1. The molecule has 1 aromatic carbocycles. The van der Waals surface area contributed by atoms with Gasteiger partial charge < -0.3 is 14.9 Å². The summed E-state index contributed by atoms with van der Waals surface area (Å²) in [5.74, 6) is 0.177. The van der Waals surface area contributed by atoms with Crippen LogP contribution in [0.3, 0.4) is 0 Å². The Morgan fingerprint density at radius 1 is 1.30 bits per heavy atom. The van der Waals surface area contributed by atoms with Crippen molar-refractivity contribution < 1.29 is 9.90 Å². The number of carbonyl (C=O) groups excluding carboxylic acids is 1. The number of aliphatic hydroxyl groups is 1. The molecule has 1 saturated heterocycles. The fourth-order valence-electron chi connectivity index (χ4n) is 3.56. The largest absolute Gasteiger partial charge is 0.396 e. The zero-order valence-corrected chi connectivity index (χ0v) is 14.7. The van der Waals surface area contributed by atoms with E-state index in [4.69, 9.17) is 0 Å². The van der Waals surface area contributed by atoms with Crippen LogP contribution < -0.4 is 4.90 Å². The van der Waals surface area contributed by atoms with Gasteiger partial charge in [-0.25, -0.2) is 0 Å². The van der Waals surface area contributed by atoms with Gasteiger partial charge in [-0.05, 0) is 37.0 Å². The van der Waals surface area contributed by atoms with Gasteiger partial charge in [0.1, 0.15) is 0 Å². The summed E-state index contributed by atoms with van der Waals surface area (Å²) in [6.07, 6.45) is 4.51. The molecule has 1 aliphatic heterocycles. The van der Waals surface area contributed by atoms with Crippen LogP contribution >= 0.6 is 0 Å². The van der Waals surface area contributed by atoms with Crippen molar-refractivity contribution in [3.63, 3.8) is 0 Å². The van der Waals surface area contributed by atoms with Crippen molar-refractivity contribution in [2.24, 2.45) is 5.41 Å². The van der Waals surface area contributed by atoms with Crippen molar-refractivity contribution in [1.29, 1.82) is 0 Å². The van der Waals surface area contributed by atoms with E-state index in [1.165, 1.54) is 0 Å². The summed E-state index contributed by atoms with van der Waals surface area (Å²) in [6.45, 7) is 3.85. The molecule has 128 valence electrons. The van der Waals surface area contributed by atoms with Gasteiger partial charge >= 0.3 is 0 Å². The highest BCUT2D eigenvalue weighted by atomic mass is 16.3. The van der Waals surface area contributed by atoms with E-state index in [1.54, 1.807) is 0 Å². The molecule has 4 nitrogen and oxygen atoms in total. The van der Waals surface area contributed by atoms with Crippen LogP contribution in [0.15, 0.2) is 24.3 Å². The molecular weight excluding hydrogens is 288 g/mol. The normalized spacial score (nSPS) is 21.3. The molecule has 0 aromatic heterocycles. The molecule has 1 N–H and O–H groups in total. The molecule has 1 aliphatic rings. The summed E-state index contributed by atoms with van der Waals surface area (Å²) in [5, 5.41) is 9.80. The van der Waals surface area contributed by atoms with Crippen LogP contribution in [0.5, 0.6) is 0 Å². The average molecular weight is 318 g/mol. The molecule has 1 aromatic rings. The lowest BCUT2D eigenvalue weighted by Gasteiger charge is -2.42. The Bertz CT molecular complexity index is 509. The van der Waals surface area contributed by atoms with Crippen LogP contribution in [0.4, 0.5) is 5.69 Å². The lowest BCUT2D eigenvalue weighted by molar-refractivity contribution is -0.135. The maximum Gasteiger partial charge on any atom is 0.227 e. The number of likely N-dealkylation sites (tertiary alicyclic amines) is 1. The van der Waals surface area contributed by atoms with Gasteiger partial charge in [0, 0.05) is 38.3 Å². The summed E-state index contributed by atoms with van der Waals surface area (Å²) >= 11 is 0. The number of carbonyl (C=O) groups is 1. The van der Waals surface area contributed by atoms with Crippen LogP contribution in [-0.4, -0.2) is 49.7 Å². The molecule has 1 heterocycles. The second-order valence-corrected chi connectivity index (χ2v) is 7.06. The Morgan fingerprint density at radius 2 is 2.00 bits per heavy atom. The minimum Gasteiger partial charge on any atom is -0.396 e. The van der Waals surface area contributed by atoms with Gasteiger partial charge in [0.2, 0.25) is 5.91 Å². The van der Waals surface area contributed by atoms with Crippen LogP contribution in [0.1, 0.15) is 38.2 Å². The molecule has 2 rings (SSSR count). The van der Waals surface area contributed by atoms with E-state index in [0.29, 0.717) is 13.0 Å². The van der Waals surface area contributed by atoms with Gasteiger partial charge in [0.05, 0.1) is 13.0 Å². The maximum absolute atomic E-state index is 12.6. The predicted octanol–water partition coefficient (Wildman–Crippen LogP) is 2.70. The van der Waals surface area contributed by atoms with Gasteiger partial charge in [-0.2, -0.15) is 0 Å². The summed E-state index contributed by atoms with van der Waals surface area (Å²) in [6, 6.07) is 8.16. The van der Waals surface area contributed by atoms with Crippen LogP contribution in [0, 0.1) is 5.41 Å². The highest BCUT2D eigenvalue weighted by Crippen LogP contribution is 2.34. The number of aliphatic hydroxyl groups excluding tert-OH is 1. The fourth-order valence-corrected chi connectivity index (χ4v) is 3.56. The Balaban J connectivity index is 1.99.